The number of benzene rings is 1. The molecule has 20 heavy (non-hydrogen) atoms. The molecule has 3 N–H and O–H groups in total. The van der Waals surface area contributed by atoms with Crippen molar-refractivity contribution in [3.05, 3.63) is 50.6 Å². The predicted octanol–water partition coefficient (Wildman–Crippen LogP) is 1.13. The van der Waals surface area contributed by atoms with Gasteiger partial charge < -0.3 is 11.1 Å². The summed E-state index contributed by atoms with van der Waals surface area (Å²) in [4.78, 5) is 20.8. The van der Waals surface area contributed by atoms with Gasteiger partial charge in [0.15, 0.2) is 0 Å². The molecule has 0 radical (unpaired) electrons. The van der Waals surface area contributed by atoms with Crippen molar-refractivity contribution in [2.75, 3.05) is 18.4 Å². The third-order valence-electron chi connectivity index (χ3n) is 2.96. The van der Waals surface area contributed by atoms with Crippen molar-refractivity contribution in [2.24, 2.45) is 5.73 Å². The third kappa shape index (κ3) is 5.19. The number of anilines is 1. The molecule has 2 unspecified atom stereocenters. The van der Waals surface area contributed by atoms with Gasteiger partial charge in [-0.2, -0.15) is 0 Å². The molecular weight excluding hydrogens is 264 g/mol. The van der Waals surface area contributed by atoms with Gasteiger partial charge in [-0.1, -0.05) is 18.2 Å². The summed E-state index contributed by atoms with van der Waals surface area (Å²) in [6.45, 7) is 0.189. The zero-order chi connectivity index (χ0) is 15.0. The first kappa shape index (κ1) is 15.8. The van der Waals surface area contributed by atoms with E-state index >= 15 is 0 Å². The zero-order valence-corrected chi connectivity index (χ0v) is 11.0. The summed E-state index contributed by atoms with van der Waals surface area (Å²) in [6.07, 6.45) is 0.0136. The molecule has 2 atom stereocenters. The van der Waals surface area contributed by atoms with Crippen LogP contribution in [0, 0.1) is 20.2 Å². The summed E-state index contributed by atoms with van der Waals surface area (Å²) >= 11 is 0. The number of nitrogens with two attached hydrogens (primary N) is 1. The molecule has 0 aromatic heterocycles. The number of rotatable bonds is 9. The normalized spacial score (nSPS) is 13.4. The van der Waals surface area contributed by atoms with Crippen molar-refractivity contribution < 1.29 is 9.85 Å². The van der Waals surface area contributed by atoms with Crippen molar-refractivity contribution in [3.8, 4) is 0 Å². The smallest absolute Gasteiger partial charge is 0.236 e. The summed E-state index contributed by atoms with van der Waals surface area (Å²) in [5, 5.41) is 24.7. The van der Waals surface area contributed by atoms with Crippen LogP contribution in [0.5, 0.6) is 0 Å². The molecule has 0 amide bonds. The highest BCUT2D eigenvalue weighted by molar-refractivity contribution is 5.42. The van der Waals surface area contributed by atoms with Gasteiger partial charge in [-0.3, -0.25) is 20.2 Å². The number of nitro groups is 2. The molecule has 110 valence electrons. The summed E-state index contributed by atoms with van der Waals surface area (Å²) in [5.41, 5.74) is 6.04. The average Bonchev–Trinajstić information content (AvgIpc) is 2.42. The highest BCUT2D eigenvalue weighted by Crippen LogP contribution is 2.11. The van der Waals surface area contributed by atoms with Gasteiger partial charge in [0.05, 0.1) is 13.0 Å². The van der Waals surface area contributed by atoms with Gasteiger partial charge in [0, 0.05) is 22.0 Å². The van der Waals surface area contributed by atoms with Crippen LogP contribution < -0.4 is 11.1 Å². The Bertz CT molecular complexity index is 440. The summed E-state index contributed by atoms with van der Waals surface area (Å²) in [7, 11) is 0. The number of nitrogens with zero attached hydrogens (tertiary/aromatic N) is 2. The monoisotopic (exact) mass is 282 g/mol. The Hall–Kier alpha value is -2.22. The van der Waals surface area contributed by atoms with Crippen LogP contribution in [-0.4, -0.2) is 35.0 Å². The SMILES string of the molecule is NCCC(CC(CNc1ccccc1)[N+](=O)[O-])[N+](=O)[O-]. The lowest BCUT2D eigenvalue weighted by molar-refractivity contribution is -0.558. The van der Waals surface area contributed by atoms with Gasteiger partial charge in [-0.15, -0.1) is 0 Å². The Morgan fingerprint density at radius 1 is 1.10 bits per heavy atom. The molecule has 0 aliphatic carbocycles. The Kier molecular flexibility index (Phi) is 6.38. The first-order chi connectivity index (χ1) is 9.54. The quantitative estimate of drug-likeness (QED) is 0.516. The lowest BCUT2D eigenvalue weighted by atomic mass is 10.0. The Morgan fingerprint density at radius 2 is 1.70 bits per heavy atom. The van der Waals surface area contributed by atoms with E-state index in [-0.39, 0.29) is 25.9 Å². The Morgan fingerprint density at radius 3 is 2.20 bits per heavy atom. The molecule has 0 aliphatic heterocycles. The Balaban J connectivity index is 2.60. The van der Waals surface area contributed by atoms with E-state index in [0.717, 1.165) is 5.69 Å². The number of para-hydroxylation sites is 1. The van der Waals surface area contributed by atoms with Gasteiger partial charge in [0.1, 0.15) is 0 Å². The van der Waals surface area contributed by atoms with Crippen molar-refractivity contribution in [2.45, 2.75) is 24.9 Å². The highest BCUT2D eigenvalue weighted by Gasteiger charge is 2.31. The largest absolute Gasteiger partial charge is 0.378 e. The molecule has 8 nitrogen and oxygen atoms in total. The van der Waals surface area contributed by atoms with Crippen LogP contribution in [0.15, 0.2) is 30.3 Å². The molecule has 0 saturated heterocycles. The molecule has 1 rings (SSSR count). The Labute approximate surface area is 116 Å². The predicted molar refractivity (Wildman–Crippen MR) is 74.8 cm³/mol. The molecular formula is C12H18N4O4. The van der Waals surface area contributed by atoms with Crippen molar-refractivity contribution in [3.63, 3.8) is 0 Å². The van der Waals surface area contributed by atoms with Crippen LogP contribution in [0.3, 0.4) is 0 Å². The maximum absolute atomic E-state index is 11.0. The second-order valence-corrected chi connectivity index (χ2v) is 4.44. The van der Waals surface area contributed by atoms with E-state index in [1.807, 2.05) is 6.07 Å². The van der Waals surface area contributed by atoms with Gasteiger partial charge in [-0.25, -0.2) is 0 Å². The maximum atomic E-state index is 11.0. The highest BCUT2D eigenvalue weighted by atomic mass is 16.6. The number of hydrogen-bond donors (Lipinski definition) is 2. The van der Waals surface area contributed by atoms with Crippen LogP contribution in [0.4, 0.5) is 5.69 Å². The standard InChI is InChI=1S/C12H18N4O4/c13-7-6-11(15(17)18)8-12(16(19)20)9-14-10-4-2-1-3-5-10/h1-5,11-12,14H,6-9,13H2. The minimum absolute atomic E-state index is 0.0475. The molecule has 0 heterocycles. The topological polar surface area (TPSA) is 124 Å². The molecule has 0 fully saturated rings. The van der Waals surface area contributed by atoms with Crippen LogP contribution in [0.2, 0.25) is 0 Å². The van der Waals surface area contributed by atoms with Crippen LogP contribution >= 0.6 is 0 Å². The van der Waals surface area contributed by atoms with E-state index in [0.29, 0.717) is 0 Å². The molecule has 0 bridgehead atoms. The maximum Gasteiger partial charge on any atom is 0.236 e. The van der Waals surface area contributed by atoms with Crippen molar-refractivity contribution in [1.29, 1.82) is 0 Å². The third-order valence-corrected chi connectivity index (χ3v) is 2.96. The zero-order valence-electron chi connectivity index (χ0n) is 11.0. The van der Waals surface area contributed by atoms with E-state index in [1.54, 1.807) is 24.3 Å². The fourth-order valence-electron chi connectivity index (χ4n) is 1.85. The lowest BCUT2D eigenvalue weighted by Crippen LogP contribution is -2.36. The molecule has 0 aliphatic rings. The summed E-state index contributed by atoms with van der Waals surface area (Å²) in [5.74, 6) is 0. The van der Waals surface area contributed by atoms with E-state index < -0.39 is 21.9 Å². The van der Waals surface area contributed by atoms with Gasteiger partial charge in [-0.05, 0) is 18.7 Å². The van der Waals surface area contributed by atoms with E-state index in [4.69, 9.17) is 5.73 Å². The van der Waals surface area contributed by atoms with Crippen LogP contribution in [-0.2, 0) is 0 Å². The summed E-state index contributed by atoms with van der Waals surface area (Å²) in [6, 6.07) is 7.00. The first-order valence-corrected chi connectivity index (χ1v) is 6.30. The van der Waals surface area contributed by atoms with Crippen molar-refractivity contribution in [1.82, 2.24) is 0 Å². The van der Waals surface area contributed by atoms with Gasteiger partial charge in [0.2, 0.25) is 12.1 Å². The van der Waals surface area contributed by atoms with E-state index in [2.05, 4.69) is 5.32 Å². The van der Waals surface area contributed by atoms with Crippen LogP contribution in [0.1, 0.15) is 12.8 Å². The number of nitrogens with one attached hydrogen (secondary N) is 1. The number of hydrogen-bond acceptors (Lipinski definition) is 6. The van der Waals surface area contributed by atoms with Gasteiger partial charge in [0.25, 0.3) is 0 Å². The second kappa shape index (κ2) is 8.05. The molecule has 1 aromatic carbocycles. The van der Waals surface area contributed by atoms with Crippen molar-refractivity contribution >= 4 is 5.69 Å². The minimum Gasteiger partial charge on any atom is -0.378 e. The van der Waals surface area contributed by atoms with Crippen LogP contribution in [0.25, 0.3) is 0 Å². The molecule has 8 heteroatoms. The molecule has 0 spiro atoms. The average molecular weight is 282 g/mol. The first-order valence-electron chi connectivity index (χ1n) is 6.30. The molecule has 0 saturated carbocycles. The fourth-order valence-corrected chi connectivity index (χ4v) is 1.85. The second-order valence-electron chi connectivity index (χ2n) is 4.44. The lowest BCUT2D eigenvalue weighted by Gasteiger charge is -2.14. The van der Waals surface area contributed by atoms with E-state index in [1.165, 1.54) is 0 Å². The fraction of sp³-hybridized carbons (Fsp3) is 0.500. The van der Waals surface area contributed by atoms with Gasteiger partial charge >= 0.3 is 0 Å². The minimum atomic E-state index is -1.02. The summed E-state index contributed by atoms with van der Waals surface area (Å²) < 4.78 is 0. The van der Waals surface area contributed by atoms with E-state index in [9.17, 15) is 20.2 Å². The molecule has 1 aromatic rings.